The lowest BCUT2D eigenvalue weighted by Crippen LogP contribution is -2.27. The number of aryl methyl sites for hydroxylation is 1. The highest BCUT2D eigenvalue weighted by atomic mass is 127. The summed E-state index contributed by atoms with van der Waals surface area (Å²) in [6, 6.07) is 5.95. The number of methoxy groups -OCH3 is 1. The summed E-state index contributed by atoms with van der Waals surface area (Å²) < 4.78 is 5.71. The maximum Gasteiger partial charge on any atom is 0.311 e. The number of ether oxygens (including phenoxy) is 1. The van der Waals surface area contributed by atoms with Gasteiger partial charge in [-0.05, 0) is 47.2 Å². The number of rotatable bonds is 2. The van der Waals surface area contributed by atoms with Gasteiger partial charge < -0.3 is 9.64 Å². The zero-order valence-electron chi connectivity index (χ0n) is 10.3. The summed E-state index contributed by atoms with van der Waals surface area (Å²) in [4.78, 5) is 25.1. The van der Waals surface area contributed by atoms with Gasteiger partial charge in [0.2, 0.25) is 5.91 Å². The quantitative estimate of drug-likeness (QED) is 0.601. The second-order valence-corrected chi connectivity index (χ2v) is 5.55. The topological polar surface area (TPSA) is 46.6 Å². The number of nitrogens with zero attached hydrogens (tertiary/aromatic N) is 1. The molecular formula is C13H14INO3. The molecule has 1 amide bonds. The average Bonchev–Trinajstić information content (AvgIpc) is 2.73. The van der Waals surface area contributed by atoms with Gasteiger partial charge >= 0.3 is 5.97 Å². The fraction of sp³-hybridized carbons (Fsp3) is 0.385. The molecule has 1 aromatic carbocycles. The normalized spacial score (nSPS) is 19.2. The van der Waals surface area contributed by atoms with Gasteiger partial charge in [0, 0.05) is 16.5 Å². The van der Waals surface area contributed by atoms with Crippen LogP contribution in [0.2, 0.25) is 0 Å². The van der Waals surface area contributed by atoms with E-state index in [1.54, 1.807) is 4.90 Å². The van der Waals surface area contributed by atoms with E-state index in [4.69, 9.17) is 4.74 Å². The van der Waals surface area contributed by atoms with E-state index in [2.05, 4.69) is 22.6 Å². The Balaban J connectivity index is 2.27. The zero-order chi connectivity index (χ0) is 13.3. The number of benzene rings is 1. The fourth-order valence-electron chi connectivity index (χ4n) is 2.09. The smallest absolute Gasteiger partial charge is 0.311 e. The predicted molar refractivity (Wildman–Crippen MR) is 76.4 cm³/mol. The number of esters is 1. The Morgan fingerprint density at radius 1 is 1.50 bits per heavy atom. The Labute approximate surface area is 119 Å². The first-order valence-electron chi connectivity index (χ1n) is 5.67. The maximum atomic E-state index is 12.0. The van der Waals surface area contributed by atoms with Gasteiger partial charge in [0.05, 0.1) is 18.7 Å². The van der Waals surface area contributed by atoms with Crippen LogP contribution in [0.15, 0.2) is 18.2 Å². The minimum atomic E-state index is -0.348. The Bertz CT molecular complexity index is 501. The predicted octanol–water partition coefficient (Wildman–Crippen LogP) is 2.13. The highest BCUT2D eigenvalue weighted by Crippen LogP contribution is 2.30. The summed E-state index contributed by atoms with van der Waals surface area (Å²) in [5.74, 6) is -0.679. The van der Waals surface area contributed by atoms with E-state index < -0.39 is 0 Å². The molecule has 5 heteroatoms. The number of hydrogen-bond acceptors (Lipinski definition) is 3. The van der Waals surface area contributed by atoms with Crippen molar-refractivity contribution >= 4 is 40.2 Å². The van der Waals surface area contributed by atoms with E-state index in [1.165, 1.54) is 7.11 Å². The second kappa shape index (κ2) is 5.26. The van der Waals surface area contributed by atoms with Gasteiger partial charge in [-0.25, -0.2) is 0 Å². The third-order valence-corrected chi connectivity index (χ3v) is 3.96. The van der Waals surface area contributed by atoms with Crippen LogP contribution in [0.4, 0.5) is 5.69 Å². The molecule has 0 radical (unpaired) electrons. The standard InChI is InChI=1S/C13H14INO3/c1-8-3-4-10(14)11(5-8)15-7-9(6-12(15)16)13(17)18-2/h3-5,9H,6-7H2,1-2H3. The van der Waals surface area contributed by atoms with E-state index in [1.807, 2.05) is 25.1 Å². The van der Waals surface area contributed by atoms with Gasteiger partial charge in [-0.3, -0.25) is 9.59 Å². The van der Waals surface area contributed by atoms with E-state index in [0.717, 1.165) is 14.8 Å². The summed E-state index contributed by atoms with van der Waals surface area (Å²) in [5, 5.41) is 0. The molecular weight excluding hydrogens is 345 g/mol. The Hall–Kier alpha value is -1.11. The van der Waals surface area contributed by atoms with Crippen LogP contribution in [0.3, 0.4) is 0 Å². The Morgan fingerprint density at radius 2 is 2.22 bits per heavy atom. The highest BCUT2D eigenvalue weighted by Gasteiger charge is 2.36. The van der Waals surface area contributed by atoms with Crippen LogP contribution in [0.25, 0.3) is 0 Å². The fourth-order valence-corrected chi connectivity index (χ4v) is 2.72. The van der Waals surface area contributed by atoms with E-state index in [9.17, 15) is 9.59 Å². The maximum absolute atomic E-state index is 12.0. The molecule has 1 saturated heterocycles. The van der Waals surface area contributed by atoms with Crippen LogP contribution in [0.1, 0.15) is 12.0 Å². The number of hydrogen-bond donors (Lipinski definition) is 0. The largest absolute Gasteiger partial charge is 0.469 e. The monoisotopic (exact) mass is 359 g/mol. The van der Waals surface area contributed by atoms with Crippen LogP contribution in [-0.2, 0) is 14.3 Å². The van der Waals surface area contributed by atoms with Gasteiger partial charge in [0.25, 0.3) is 0 Å². The van der Waals surface area contributed by atoms with Crippen molar-refractivity contribution in [2.24, 2.45) is 5.92 Å². The molecule has 1 heterocycles. The first-order valence-corrected chi connectivity index (χ1v) is 6.75. The lowest BCUT2D eigenvalue weighted by molar-refractivity contribution is -0.145. The molecule has 18 heavy (non-hydrogen) atoms. The molecule has 96 valence electrons. The minimum absolute atomic E-state index is 0.0195. The zero-order valence-corrected chi connectivity index (χ0v) is 12.4. The molecule has 4 nitrogen and oxygen atoms in total. The Kier molecular flexibility index (Phi) is 3.89. The summed E-state index contributed by atoms with van der Waals surface area (Å²) in [7, 11) is 1.35. The first-order chi connectivity index (χ1) is 8.52. The van der Waals surface area contributed by atoms with Crippen molar-refractivity contribution in [1.29, 1.82) is 0 Å². The molecule has 1 fully saturated rings. The minimum Gasteiger partial charge on any atom is -0.469 e. The van der Waals surface area contributed by atoms with Gasteiger partial charge in [-0.2, -0.15) is 0 Å². The van der Waals surface area contributed by atoms with Crippen LogP contribution >= 0.6 is 22.6 Å². The molecule has 0 saturated carbocycles. The molecule has 2 rings (SSSR count). The summed E-state index contributed by atoms with van der Waals surface area (Å²) >= 11 is 2.20. The van der Waals surface area contributed by atoms with Crippen molar-refractivity contribution in [3.05, 3.63) is 27.3 Å². The van der Waals surface area contributed by atoms with Crippen LogP contribution in [0, 0.1) is 16.4 Å². The lowest BCUT2D eigenvalue weighted by Gasteiger charge is -2.18. The van der Waals surface area contributed by atoms with Gasteiger partial charge in [-0.15, -0.1) is 0 Å². The van der Waals surface area contributed by atoms with Crippen LogP contribution in [0.5, 0.6) is 0 Å². The van der Waals surface area contributed by atoms with Gasteiger partial charge in [0.1, 0.15) is 0 Å². The van der Waals surface area contributed by atoms with Crippen molar-refractivity contribution in [1.82, 2.24) is 0 Å². The van der Waals surface area contributed by atoms with Crippen molar-refractivity contribution in [2.75, 3.05) is 18.6 Å². The lowest BCUT2D eigenvalue weighted by atomic mass is 10.1. The summed E-state index contributed by atoms with van der Waals surface area (Å²) in [6.07, 6.45) is 0.233. The van der Waals surface area contributed by atoms with Crippen molar-refractivity contribution < 1.29 is 14.3 Å². The van der Waals surface area contributed by atoms with Crippen molar-refractivity contribution in [3.63, 3.8) is 0 Å². The number of amides is 1. The number of carbonyl (C=O) groups is 2. The average molecular weight is 359 g/mol. The molecule has 1 aromatic rings. The van der Waals surface area contributed by atoms with Crippen LogP contribution in [-0.4, -0.2) is 25.5 Å². The SMILES string of the molecule is COC(=O)C1CC(=O)N(c2cc(C)ccc2I)C1. The molecule has 0 aromatic heterocycles. The molecule has 0 N–H and O–H groups in total. The highest BCUT2D eigenvalue weighted by molar-refractivity contribution is 14.1. The van der Waals surface area contributed by atoms with Crippen molar-refractivity contribution in [2.45, 2.75) is 13.3 Å². The molecule has 1 atom stereocenters. The van der Waals surface area contributed by atoms with E-state index >= 15 is 0 Å². The summed E-state index contributed by atoms with van der Waals surface area (Å²) in [5.41, 5.74) is 1.98. The Morgan fingerprint density at radius 3 is 2.89 bits per heavy atom. The summed E-state index contributed by atoms with van der Waals surface area (Å²) in [6.45, 7) is 2.39. The molecule has 0 bridgehead atoms. The van der Waals surface area contributed by atoms with E-state index in [-0.39, 0.29) is 24.2 Å². The number of halogens is 1. The molecule has 1 aliphatic heterocycles. The number of carbonyl (C=O) groups excluding carboxylic acids is 2. The molecule has 1 aliphatic rings. The number of anilines is 1. The molecule has 1 unspecified atom stereocenters. The second-order valence-electron chi connectivity index (χ2n) is 4.38. The molecule has 0 spiro atoms. The van der Waals surface area contributed by atoms with Crippen LogP contribution < -0.4 is 4.90 Å². The van der Waals surface area contributed by atoms with Gasteiger partial charge in [-0.1, -0.05) is 6.07 Å². The first kappa shape index (κ1) is 13.3. The molecule has 0 aliphatic carbocycles. The van der Waals surface area contributed by atoms with E-state index in [0.29, 0.717) is 6.54 Å². The third-order valence-electron chi connectivity index (χ3n) is 3.05. The van der Waals surface area contributed by atoms with Gasteiger partial charge in [0.15, 0.2) is 0 Å². The van der Waals surface area contributed by atoms with Crippen molar-refractivity contribution in [3.8, 4) is 0 Å². The third kappa shape index (κ3) is 2.50.